The van der Waals surface area contributed by atoms with Crippen molar-refractivity contribution >= 4 is 50.9 Å². The van der Waals surface area contributed by atoms with Crippen LogP contribution < -0.4 is 10.1 Å². The van der Waals surface area contributed by atoms with Crippen molar-refractivity contribution in [2.75, 3.05) is 33.5 Å². The van der Waals surface area contributed by atoms with Crippen LogP contribution in [0.3, 0.4) is 0 Å². The largest absolute Gasteiger partial charge is 0.496 e. The normalized spacial score (nSPS) is 11.5. The van der Waals surface area contributed by atoms with Gasteiger partial charge in [-0.2, -0.15) is 11.8 Å². The first-order valence-electron chi connectivity index (χ1n) is 9.53. The number of aryl methyl sites for hydroxylation is 1. The van der Waals surface area contributed by atoms with Crippen LogP contribution in [0.1, 0.15) is 17.5 Å². The van der Waals surface area contributed by atoms with Gasteiger partial charge in [-0.1, -0.05) is 29.3 Å². The molecule has 10 heteroatoms. The highest BCUT2D eigenvalue weighted by atomic mass is 35.5. The van der Waals surface area contributed by atoms with E-state index in [1.54, 1.807) is 36.0 Å². The number of hydrogen-bond donors (Lipinski definition) is 1. The number of sulfonamides is 1. The monoisotopic (exact) mass is 504 g/mol. The van der Waals surface area contributed by atoms with Crippen molar-refractivity contribution in [1.29, 1.82) is 0 Å². The van der Waals surface area contributed by atoms with Gasteiger partial charge in [0.05, 0.1) is 12.0 Å². The lowest BCUT2D eigenvalue weighted by molar-refractivity contribution is -0.120. The van der Waals surface area contributed by atoms with Gasteiger partial charge in [-0.05, 0) is 47.9 Å². The average molecular weight is 505 g/mol. The Morgan fingerprint density at radius 3 is 2.52 bits per heavy atom. The zero-order chi connectivity index (χ0) is 23.0. The van der Waals surface area contributed by atoms with E-state index in [1.165, 1.54) is 27.3 Å². The van der Waals surface area contributed by atoms with Gasteiger partial charge in [0.1, 0.15) is 5.75 Å². The summed E-state index contributed by atoms with van der Waals surface area (Å²) >= 11 is 13.7. The van der Waals surface area contributed by atoms with E-state index in [-0.39, 0.29) is 17.2 Å². The predicted molar refractivity (Wildman–Crippen MR) is 128 cm³/mol. The van der Waals surface area contributed by atoms with Crippen LogP contribution >= 0.6 is 35.0 Å². The lowest BCUT2D eigenvalue weighted by Gasteiger charge is -2.14. The Balaban J connectivity index is 1.82. The summed E-state index contributed by atoms with van der Waals surface area (Å²) in [5.41, 5.74) is 1.68. The van der Waals surface area contributed by atoms with Crippen LogP contribution in [-0.2, 0) is 27.0 Å². The number of carbonyl (C=O) groups excluding carboxylic acids is 1. The second-order valence-electron chi connectivity index (χ2n) is 6.90. The first-order valence-corrected chi connectivity index (χ1v) is 12.9. The van der Waals surface area contributed by atoms with E-state index in [4.69, 9.17) is 27.9 Å². The molecule has 0 heterocycles. The van der Waals surface area contributed by atoms with E-state index in [2.05, 4.69) is 5.32 Å². The second kappa shape index (κ2) is 12.0. The molecule has 31 heavy (non-hydrogen) atoms. The van der Waals surface area contributed by atoms with E-state index in [0.717, 1.165) is 21.4 Å². The summed E-state index contributed by atoms with van der Waals surface area (Å²) in [5.74, 6) is 1.93. The van der Waals surface area contributed by atoms with Crippen molar-refractivity contribution in [2.24, 2.45) is 0 Å². The predicted octanol–water partition coefficient (Wildman–Crippen LogP) is 4.23. The molecule has 0 fully saturated rings. The number of methoxy groups -OCH3 is 1. The van der Waals surface area contributed by atoms with E-state index in [1.807, 2.05) is 6.07 Å². The van der Waals surface area contributed by atoms with E-state index < -0.39 is 10.0 Å². The average Bonchev–Trinajstić information content (AvgIpc) is 2.72. The van der Waals surface area contributed by atoms with Gasteiger partial charge in [0.15, 0.2) is 0 Å². The summed E-state index contributed by atoms with van der Waals surface area (Å²) in [7, 11) is 0.918. The summed E-state index contributed by atoms with van der Waals surface area (Å²) in [5, 5.41) is 4.12. The zero-order valence-electron chi connectivity index (χ0n) is 17.7. The third-order valence-electron chi connectivity index (χ3n) is 4.49. The van der Waals surface area contributed by atoms with Gasteiger partial charge in [-0.25, -0.2) is 12.7 Å². The van der Waals surface area contributed by atoms with Gasteiger partial charge in [0.25, 0.3) is 0 Å². The molecule has 0 aliphatic heterocycles. The summed E-state index contributed by atoms with van der Waals surface area (Å²) in [6.07, 6.45) is 0.606. The Bertz CT molecular complexity index is 1010. The maximum Gasteiger partial charge on any atom is 0.242 e. The molecule has 0 unspecified atom stereocenters. The van der Waals surface area contributed by atoms with Crippen LogP contribution in [0.25, 0.3) is 0 Å². The fraction of sp³-hybridized carbons (Fsp3) is 0.381. The summed E-state index contributed by atoms with van der Waals surface area (Å²) in [4.78, 5) is 12.4. The van der Waals surface area contributed by atoms with Crippen molar-refractivity contribution < 1.29 is 17.9 Å². The number of amides is 1. The number of rotatable bonds is 11. The zero-order valence-corrected chi connectivity index (χ0v) is 20.8. The molecule has 0 saturated carbocycles. The molecular weight excluding hydrogens is 479 g/mol. The minimum absolute atomic E-state index is 0.104. The van der Waals surface area contributed by atoms with Crippen LogP contribution in [0, 0.1) is 0 Å². The van der Waals surface area contributed by atoms with Crippen molar-refractivity contribution in [2.45, 2.75) is 23.5 Å². The molecule has 0 radical (unpaired) electrons. The highest BCUT2D eigenvalue weighted by molar-refractivity contribution is 7.98. The minimum atomic E-state index is -3.55. The molecule has 0 saturated heterocycles. The van der Waals surface area contributed by atoms with Crippen LogP contribution in [0.2, 0.25) is 10.0 Å². The Labute approximate surface area is 198 Å². The van der Waals surface area contributed by atoms with E-state index >= 15 is 0 Å². The van der Waals surface area contributed by atoms with Crippen LogP contribution in [0.15, 0.2) is 41.3 Å². The SMILES string of the molecule is COc1ccc(S(=O)(=O)N(C)C)cc1CCC(=O)NCCSCc1ccc(Cl)cc1Cl. The van der Waals surface area contributed by atoms with Gasteiger partial charge in [-0.3, -0.25) is 4.79 Å². The molecule has 0 spiro atoms. The Hall–Kier alpha value is -1.45. The van der Waals surface area contributed by atoms with E-state index in [9.17, 15) is 13.2 Å². The fourth-order valence-corrected chi connectivity index (χ4v) is 5.11. The smallest absolute Gasteiger partial charge is 0.242 e. The molecule has 0 aromatic heterocycles. The maximum absolute atomic E-state index is 12.4. The quantitative estimate of drug-likeness (QED) is 0.463. The highest BCUT2D eigenvalue weighted by Crippen LogP contribution is 2.26. The van der Waals surface area contributed by atoms with Gasteiger partial charge in [0.2, 0.25) is 15.9 Å². The van der Waals surface area contributed by atoms with Crippen molar-refractivity contribution in [1.82, 2.24) is 9.62 Å². The van der Waals surface area contributed by atoms with Gasteiger partial charge in [0, 0.05) is 48.6 Å². The standard InChI is InChI=1S/C21H26Cl2N2O4S2/c1-25(2)31(27,28)18-7-8-20(29-3)15(12-18)5-9-21(26)24-10-11-30-14-16-4-6-17(22)13-19(16)23/h4,6-8,12-13H,5,9-11,14H2,1-3H3,(H,24,26). The Kier molecular flexibility index (Phi) is 9.96. The lowest BCUT2D eigenvalue weighted by Crippen LogP contribution is -2.26. The molecule has 0 atom stereocenters. The Morgan fingerprint density at radius 1 is 1.13 bits per heavy atom. The summed E-state index contributed by atoms with van der Waals surface area (Å²) in [6.45, 7) is 0.529. The van der Waals surface area contributed by atoms with Crippen LogP contribution in [0.4, 0.5) is 0 Å². The molecule has 2 rings (SSSR count). The van der Waals surface area contributed by atoms with Crippen LogP contribution in [0.5, 0.6) is 5.75 Å². The highest BCUT2D eigenvalue weighted by Gasteiger charge is 2.19. The second-order valence-corrected chi connectivity index (χ2v) is 11.0. The molecule has 1 amide bonds. The third kappa shape index (κ3) is 7.57. The number of thioether (sulfide) groups is 1. The number of halogens is 2. The number of ether oxygens (including phenoxy) is 1. The minimum Gasteiger partial charge on any atom is -0.496 e. The van der Waals surface area contributed by atoms with Gasteiger partial charge >= 0.3 is 0 Å². The number of carbonyl (C=O) groups is 1. The molecule has 0 bridgehead atoms. The van der Waals surface area contributed by atoms with Gasteiger partial charge < -0.3 is 10.1 Å². The number of benzene rings is 2. The molecule has 2 aromatic carbocycles. The first-order chi connectivity index (χ1) is 14.6. The van der Waals surface area contributed by atoms with Crippen LogP contribution in [-0.4, -0.2) is 52.1 Å². The van der Waals surface area contributed by atoms with Crippen molar-refractivity contribution in [3.8, 4) is 5.75 Å². The first kappa shape index (κ1) is 25.8. The van der Waals surface area contributed by atoms with Gasteiger partial charge in [-0.15, -0.1) is 0 Å². The van der Waals surface area contributed by atoms with E-state index in [0.29, 0.717) is 34.3 Å². The maximum atomic E-state index is 12.4. The molecule has 170 valence electrons. The third-order valence-corrected chi connectivity index (χ3v) is 7.90. The molecule has 0 aliphatic rings. The Morgan fingerprint density at radius 2 is 1.87 bits per heavy atom. The molecule has 2 aromatic rings. The molecular formula is C21H26Cl2N2O4S2. The fourth-order valence-electron chi connectivity index (χ4n) is 2.74. The number of nitrogens with zero attached hydrogens (tertiary/aromatic N) is 1. The summed E-state index contributed by atoms with van der Waals surface area (Å²) in [6, 6.07) is 10.1. The van der Waals surface area contributed by atoms with Crippen molar-refractivity contribution in [3.05, 3.63) is 57.6 Å². The number of hydrogen-bond acceptors (Lipinski definition) is 5. The lowest BCUT2D eigenvalue weighted by atomic mass is 10.1. The molecule has 1 N–H and O–H groups in total. The molecule has 6 nitrogen and oxygen atoms in total. The number of nitrogens with one attached hydrogen (secondary N) is 1. The van der Waals surface area contributed by atoms with Crippen molar-refractivity contribution in [3.63, 3.8) is 0 Å². The summed E-state index contributed by atoms with van der Waals surface area (Å²) < 4.78 is 31.2. The topological polar surface area (TPSA) is 75.7 Å². The molecule has 0 aliphatic carbocycles.